The van der Waals surface area contributed by atoms with Crippen LogP contribution in [-0.4, -0.2) is 53.3 Å². The highest BCUT2D eigenvalue weighted by Gasteiger charge is 2.39. The molecule has 0 aliphatic heterocycles. The van der Waals surface area contributed by atoms with Crippen molar-refractivity contribution < 1.29 is 29.6 Å². The van der Waals surface area contributed by atoms with E-state index < -0.39 is 18.3 Å². The number of hydrogen-bond donors (Lipinski definition) is 3. The van der Waals surface area contributed by atoms with Gasteiger partial charge in [0.25, 0.3) is 0 Å². The van der Waals surface area contributed by atoms with Crippen LogP contribution in [0.4, 0.5) is 0 Å². The van der Waals surface area contributed by atoms with Gasteiger partial charge in [-0.2, -0.15) is 0 Å². The van der Waals surface area contributed by atoms with E-state index >= 15 is 0 Å². The van der Waals surface area contributed by atoms with Crippen LogP contribution in [0.3, 0.4) is 0 Å². The number of para-hydroxylation sites is 1. The molecule has 1 aromatic rings. The van der Waals surface area contributed by atoms with E-state index in [1.165, 1.54) is 7.11 Å². The maximum Gasteiger partial charge on any atom is 0.309 e. The van der Waals surface area contributed by atoms with Crippen molar-refractivity contribution in [3.63, 3.8) is 0 Å². The van der Waals surface area contributed by atoms with Gasteiger partial charge in [-0.1, -0.05) is 54.7 Å². The van der Waals surface area contributed by atoms with Crippen LogP contribution in [0, 0.1) is 11.8 Å². The highest BCUT2D eigenvalue weighted by molar-refractivity contribution is 5.70. The van der Waals surface area contributed by atoms with Gasteiger partial charge in [-0.25, -0.2) is 0 Å². The molecule has 1 unspecified atom stereocenters. The van der Waals surface area contributed by atoms with Gasteiger partial charge in [0.2, 0.25) is 0 Å². The fourth-order valence-corrected chi connectivity index (χ4v) is 3.36. The van der Waals surface area contributed by atoms with E-state index in [2.05, 4.69) is 4.74 Å². The van der Waals surface area contributed by atoms with E-state index in [4.69, 9.17) is 4.74 Å². The monoisotopic (exact) mass is 402 g/mol. The van der Waals surface area contributed by atoms with Crippen molar-refractivity contribution in [2.24, 2.45) is 11.8 Å². The van der Waals surface area contributed by atoms with Crippen LogP contribution in [0.2, 0.25) is 0 Å². The van der Waals surface area contributed by atoms with Gasteiger partial charge in [0.05, 0.1) is 25.7 Å². The molecule has 1 aliphatic carbocycles. The Bertz CT molecular complexity index is 697. The highest BCUT2D eigenvalue weighted by Crippen LogP contribution is 2.36. The van der Waals surface area contributed by atoms with Gasteiger partial charge in [-0.3, -0.25) is 4.79 Å². The largest absolute Gasteiger partial charge is 0.491 e. The summed E-state index contributed by atoms with van der Waals surface area (Å²) in [6.07, 6.45) is 9.56. The average molecular weight is 402 g/mol. The van der Waals surface area contributed by atoms with E-state index in [0.717, 1.165) is 0 Å². The zero-order valence-corrected chi connectivity index (χ0v) is 16.6. The molecule has 0 amide bonds. The summed E-state index contributed by atoms with van der Waals surface area (Å²) in [5.41, 5.74) is 0. The summed E-state index contributed by atoms with van der Waals surface area (Å²) in [7, 11) is 1.34. The third-order valence-electron chi connectivity index (χ3n) is 4.94. The first kappa shape index (κ1) is 22.9. The van der Waals surface area contributed by atoms with Gasteiger partial charge in [-0.15, -0.1) is 0 Å². The zero-order valence-electron chi connectivity index (χ0n) is 16.6. The van der Waals surface area contributed by atoms with Crippen molar-refractivity contribution in [2.75, 3.05) is 13.7 Å². The molecular formula is C23H30O6. The van der Waals surface area contributed by atoms with E-state index in [0.29, 0.717) is 18.6 Å². The molecule has 6 heteroatoms. The molecule has 2 rings (SSSR count). The second-order valence-corrected chi connectivity index (χ2v) is 7.06. The number of carbonyl (C=O) groups is 1. The minimum absolute atomic E-state index is 0.113. The maximum absolute atomic E-state index is 11.0. The predicted molar refractivity (Wildman–Crippen MR) is 110 cm³/mol. The molecule has 5 atom stereocenters. The summed E-state index contributed by atoms with van der Waals surface area (Å²) in [4.78, 5) is 11.0. The van der Waals surface area contributed by atoms with Crippen LogP contribution >= 0.6 is 0 Å². The maximum atomic E-state index is 11.0. The molecule has 0 spiro atoms. The number of aliphatic hydroxyl groups excluding tert-OH is 3. The van der Waals surface area contributed by atoms with Crippen molar-refractivity contribution in [1.29, 1.82) is 0 Å². The van der Waals surface area contributed by atoms with Crippen molar-refractivity contribution >= 4 is 5.97 Å². The first-order chi connectivity index (χ1) is 14.0. The van der Waals surface area contributed by atoms with Crippen molar-refractivity contribution in [2.45, 2.75) is 37.6 Å². The lowest BCUT2D eigenvalue weighted by molar-refractivity contribution is -0.139. The number of esters is 1. The molecule has 0 saturated heterocycles. The molecule has 1 saturated carbocycles. The lowest BCUT2D eigenvalue weighted by Crippen LogP contribution is -2.21. The van der Waals surface area contributed by atoms with Crippen molar-refractivity contribution in [3.8, 4) is 5.75 Å². The van der Waals surface area contributed by atoms with Crippen LogP contribution in [-0.2, 0) is 9.53 Å². The number of benzene rings is 1. The number of allylic oxidation sites excluding steroid dienone is 3. The van der Waals surface area contributed by atoms with E-state index in [-0.39, 0.29) is 30.8 Å². The van der Waals surface area contributed by atoms with E-state index in [9.17, 15) is 20.1 Å². The first-order valence-corrected chi connectivity index (χ1v) is 9.80. The quantitative estimate of drug-likeness (QED) is 0.316. The van der Waals surface area contributed by atoms with Gasteiger partial charge < -0.3 is 24.8 Å². The van der Waals surface area contributed by atoms with Gasteiger partial charge in [0, 0.05) is 12.3 Å². The topological polar surface area (TPSA) is 96.2 Å². The van der Waals surface area contributed by atoms with Gasteiger partial charge in [0.1, 0.15) is 18.5 Å². The Morgan fingerprint density at radius 3 is 2.62 bits per heavy atom. The standard InChI is InChI=1S/C23H30O6/c1-28-23(27)12-8-3-2-7-11-19-20(22(26)15-21(19)25)14-13-17(24)16-29-18-9-5-4-6-10-18/h2-10,13-14,17,19-22,24-26H,11-12,15-16H2,1H3/b7-2+,8-3+,14-13+/t17?,19-,20-,21+,22-/m1/s1. The smallest absolute Gasteiger partial charge is 0.309 e. The number of ether oxygens (including phenoxy) is 2. The zero-order chi connectivity index (χ0) is 21.1. The van der Waals surface area contributed by atoms with Crippen molar-refractivity contribution in [3.05, 3.63) is 66.8 Å². The molecule has 0 heterocycles. The molecule has 1 aliphatic rings. The third-order valence-corrected chi connectivity index (χ3v) is 4.94. The number of rotatable bonds is 10. The van der Waals surface area contributed by atoms with Crippen LogP contribution in [0.25, 0.3) is 0 Å². The Morgan fingerprint density at radius 2 is 1.90 bits per heavy atom. The van der Waals surface area contributed by atoms with Gasteiger partial charge >= 0.3 is 5.97 Å². The second-order valence-electron chi connectivity index (χ2n) is 7.06. The molecule has 0 bridgehead atoms. The molecule has 158 valence electrons. The molecule has 6 nitrogen and oxygen atoms in total. The van der Waals surface area contributed by atoms with Crippen LogP contribution in [0.1, 0.15) is 19.3 Å². The number of methoxy groups -OCH3 is 1. The average Bonchev–Trinajstić information content (AvgIpc) is 3.00. The molecule has 0 aromatic heterocycles. The molecular weight excluding hydrogens is 372 g/mol. The molecule has 3 N–H and O–H groups in total. The van der Waals surface area contributed by atoms with Gasteiger partial charge in [0.15, 0.2) is 0 Å². The summed E-state index contributed by atoms with van der Waals surface area (Å²) < 4.78 is 10.1. The van der Waals surface area contributed by atoms with Gasteiger partial charge in [-0.05, 0) is 24.5 Å². The number of aliphatic hydroxyl groups is 3. The normalized spacial score (nSPS) is 25.8. The summed E-state index contributed by atoms with van der Waals surface area (Å²) in [6, 6.07) is 9.23. The van der Waals surface area contributed by atoms with Crippen LogP contribution in [0.15, 0.2) is 66.8 Å². The summed E-state index contributed by atoms with van der Waals surface area (Å²) in [6.45, 7) is 0.113. The number of carbonyl (C=O) groups excluding carboxylic acids is 1. The van der Waals surface area contributed by atoms with Crippen LogP contribution in [0.5, 0.6) is 5.75 Å². The van der Waals surface area contributed by atoms with Crippen LogP contribution < -0.4 is 4.74 Å². The Kier molecular flexibility index (Phi) is 9.64. The second kappa shape index (κ2) is 12.2. The summed E-state index contributed by atoms with van der Waals surface area (Å²) in [5, 5.41) is 30.7. The fraction of sp³-hybridized carbons (Fsp3) is 0.435. The Morgan fingerprint density at radius 1 is 1.17 bits per heavy atom. The summed E-state index contributed by atoms with van der Waals surface area (Å²) >= 11 is 0. The minimum atomic E-state index is -0.808. The number of hydrogen-bond acceptors (Lipinski definition) is 6. The Hall–Kier alpha value is -2.41. The van der Waals surface area contributed by atoms with Crippen molar-refractivity contribution in [1.82, 2.24) is 0 Å². The lowest BCUT2D eigenvalue weighted by Gasteiger charge is -2.19. The first-order valence-electron chi connectivity index (χ1n) is 9.80. The summed E-state index contributed by atoms with van der Waals surface area (Å²) in [5.74, 6) is -0.0163. The SMILES string of the molecule is COC(=O)C/C=C/C=C/C[C@@H]1[C@@H](/C=C/C(O)COc2ccccc2)[C@H](O)C[C@@H]1O. The fourth-order valence-electron chi connectivity index (χ4n) is 3.36. The molecule has 29 heavy (non-hydrogen) atoms. The molecule has 1 fully saturated rings. The minimum Gasteiger partial charge on any atom is -0.491 e. The molecule has 1 aromatic carbocycles. The third kappa shape index (κ3) is 7.85. The highest BCUT2D eigenvalue weighted by atomic mass is 16.5. The molecule has 0 radical (unpaired) electrons. The lowest BCUT2D eigenvalue weighted by atomic mass is 9.90. The van der Waals surface area contributed by atoms with E-state index in [1.54, 1.807) is 24.3 Å². The van der Waals surface area contributed by atoms with E-state index in [1.807, 2.05) is 42.5 Å². The Labute approximate surface area is 171 Å². The predicted octanol–water partition coefficient (Wildman–Crippen LogP) is 2.41. The Balaban J connectivity index is 1.84.